The highest BCUT2D eigenvalue weighted by molar-refractivity contribution is 6.17. The molecule has 0 bridgehead atoms. The summed E-state index contributed by atoms with van der Waals surface area (Å²) in [7, 11) is 0. The Balaban J connectivity index is 0.818. The Labute approximate surface area is 461 Å². The van der Waals surface area contributed by atoms with Crippen molar-refractivity contribution >= 4 is 86.2 Å². The molecule has 0 N–H and O–H groups in total. The van der Waals surface area contributed by atoms with E-state index in [9.17, 15) is 0 Å². The average molecular weight is 1020 g/mol. The minimum absolute atomic E-state index is 0.690. The topological polar surface area (TPSA) is 51.6 Å². The van der Waals surface area contributed by atoms with Crippen LogP contribution in [-0.4, -0.2) is 19.9 Å². The van der Waals surface area contributed by atoms with Crippen LogP contribution in [0, 0.1) is 0 Å². The predicted molar refractivity (Wildman–Crippen MR) is 336 cm³/mol. The molecule has 80 heavy (non-hydrogen) atoms. The molecule has 4 nitrogen and oxygen atoms in total. The number of aromatic nitrogens is 4. The summed E-state index contributed by atoms with van der Waals surface area (Å²) in [6.07, 6.45) is 0. The van der Waals surface area contributed by atoms with Crippen LogP contribution in [0.2, 0.25) is 0 Å². The second kappa shape index (κ2) is 18.5. The van der Waals surface area contributed by atoms with Crippen molar-refractivity contribution in [1.29, 1.82) is 0 Å². The minimum atomic E-state index is 0.690. The first-order valence-corrected chi connectivity index (χ1v) is 27.3. The molecule has 16 rings (SSSR count). The van der Waals surface area contributed by atoms with E-state index in [0.717, 1.165) is 99.6 Å². The lowest BCUT2D eigenvalue weighted by molar-refractivity contribution is 1.19. The van der Waals surface area contributed by atoms with Gasteiger partial charge >= 0.3 is 0 Å². The van der Waals surface area contributed by atoms with Gasteiger partial charge in [0.25, 0.3) is 0 Å². The third-order valence-corrected chi connectivity index (χ3v) is 16.3. The molecule has 0 unspecified atom stereocenters. The smallest absolute Gasteiger partial charge is 0.161 e. The van der Waals surface area contributed by atoms with Crippen molar-refractivity contribution in [3.8, 4) is 78.9 Å². The van der Waals surface area contributed by atoms with Crippen LogP contribution in [0.5, 0.6) is 0 Å². The highest BCUT2D eigenvalue weighted by Crippen LogP contribution is 2.42. The highest BCUT2D eigenvalue weighted by atomic mass is 14.9. The SMILES string of the molecule is c1ccc2c(c1)cc(-c1cc(-c3ccc(-c4ccc(-c5cc(-c6cc7ccccc7c7ccccc67)nc(-c6cc7ccccc7c7ccccc67)n5)cc4)cc3)nc(-c3cc4ccccc4c4ccccc34)n1)c1ccccc12. The number of hydrogen-bond donors (Lipinski definition) is 0. The van der Waals surface area contributed by atoms with E-state index in [4.69, 9.17) is 19.9 Å². The van der Waals surface area contributed by atoms with Crippen LogP contribution < -0.4 is 0 Å². The molecule has 4 heteroatoms. The molecule has 0 aliphatic carbocycles. The zero-order chi connectivity index (χ0) is 52.7. The molecule has 14 aromatic carbocycles. The van der Waals surface area contributed by atoms with Crippen LogP contribution in [0.25, 0.3) is 165 Å². The van der Waals surface area contributed by atoms with Crippen LogP contribution in [0.3, 0.4) is 0 Å². The van der Waals surface area contributed by atoms with Crippen molar-refractivity contribution in [3.05, 3.63) is 279 Å². The molecule has 0 aliphatic rings. The molecule has 2 heterocycles. The molecule has 0 saturated heterocycles. The maximum Gasteiger partial charge on any atom is 0.161 e. The lowest BCUT2D eigenvalue weighted by Crippen LogP contribution is -1.98. The summed E-state index contributed by atoms with van der Waals surface area (Å²) in [5.74, 6) is 1.38. The van der Waals surface area contributed by atoms with Gasteiger partial charge in [0, 0.05) is 33.4 Å². The lowest BCUT2D eigenvalue weighted by atomic mass is 9.94. The van der Waals surface area contributed by atoms with Gasteiger partial charge in [-0.15, -0.1) is 0 Å². The number of rotatable bonds is 7. The van der Waals surface area contributed by atoms with Gasteiger partial charge in [0.05, 0.1) is 22.8 Å². The van der Waals surface area contributed by atoms with E-state index in [-0.39, 0.29) is 0 Å². The van der Waals surface area contributed by atoms with Crippen LogP contribution in [0.15, 0.2) is 279 Å². The predicted octanol–water partition coefficient (Wildman–Crippen LogP) is 20.2. The van der Waals surface area contributed by atoms with Crippen molar-refractivity contribution in [1.82, 2.24) is 19.9 Å². The maximum absolute atomic E-state index is 5.49. The van der Waals surface area contributed by atoms with Crippen molar-refractivity contribution in [2.45, 2.75) is 0 Å². The van der Waals surface area contributed by atoms with Gasteiger partial charge in [-0.2, -0.15) is 0 Å². The summed E-state index contributed by atoms with van der Waals surface area (Å²) in [6.45, 7) is 0. The first kappa shape index (κ1) is 45.5. The molecule has 0 spiro atoms. The number of hydrogen-bond acceptors (Lipinski definition) is 4. The zero-order valence-corrected chi connectivity index (χ0v) is 43.3. The van der Waals surface area contributed by atoms with Crippen molar-refractivity contribution in [3.63, 3.8) is 0 Å². The van der Waals surface area contributed by atoms with E-state index in [0.29, 0.717) is 11.6 Å². The maximum atomic E-state index is 5.49. The molecule has 0 fully saturated rings. The van der Waals surface area contributed by atoms with Crippen molar-refractivity contribution < 1.29 is 0 Å². The van der Waals surface area contributed by atoms with Crippen molar-refractivity contribution in [2.24, 2.45) is 0 Å². The summed E-state index contributed by atoms with van der Waals surface area (Å²) in [6, 6.07) is 100. The quantitative estimate of drug-likeness (QED) is 0.149. The number of benzene rings is 14. The van der Waals surface area contributed by atoms with Gasteiger partial charge in [-0.1, -0.05) is 243 Å². The molecule has 2 aromatic heterocycles. The zero-order valence-electron chi connectivity index (χ0n) is 43.3. The van der Waals surface area contributed by atoms with E-state index >= 15 is 0 Å². The first-order chi connectivity index (χ1) is 39.6. The van der Waals surface area contributed by atoms with E-state index in [2.05, 4.69) is 279 Å². The second-order valence-corrected chi connectivity index (χ2v) is 20.8. The van der Waals surface area contributed by atoms with Gasteiger partial charge in [0.2, 0.25) is 0 Å². The molecule has 0 atom stereocenters. The molecule has 0 saturated carbocycles. The van der Waals surface area contributed by atoms with E-state index in [1.54, 1.807) is 0 Å². The Bertz CT molecular complexity index is 4580. The van der Waals surface area contributed by atoms with Gasteiger partial charge in [-0.25, -0.2) is 19.9 Å². The summed E-state index contributed by atoms with van der Waals surface area (Å²) in [4.78, 5) is 21.9. The molecule has 370 valence electrons. The monoisotopic (exact) mass is 1010 g/mol. The van der Waals surface area contributed by atoms with Crippen LogP contribution in [0.4, 0.5) is 0 Å². The van der Waals surface area contributed by atoms with Gasteiger partial charge in [-0.05, 0) is 134 Å². The van der Waals surface area contributed by atoms with E-state index < -0.39 is 0 Å². The first-order valence-electron chi connectivity index (χ1n) is 27.3. The highest BCUT2D eigenvalue weighted by Gasteiger charge is 2.20. The Morgan fingerprint density at radius 2 is 0.388 bits per heavy atom. The van der Waals surface area contributed by atoms with Crippen molar-refractivity contribution in [2.75, 3.05) is 0 Å². The summed E-state index contributed by atoms with van der Waals surface area (Å²) in [5.41, 5.74) is 11.8. The Hall–Kier alpha value is -10.7. The molecular formula is C76H46N4. The Kier molecular flexibility index (Phi) is 10.5. The molecular weight excluding hydrogens is 969 g/mol. The summed E-state index contributed by atoms with van der Waals surface area (Å²) < 4.78 is 0. The van der Waals surface area contributed by atoms with Crippen LogP contribution >= 0.6 is 0 Å². The molecule has 0 amide bonds. The van der Waals surface area contributed by atoms with E-state index in [1.807, 2.05) is 0 Å². The van der Waals surface area contributed by atoms with Gasteiger partial charge < -0.3 is 0 Å². The van der Waals surface area contributed by atoms with Gasteiger partial charge in [0.15, 0.2) is 11.6 Å². The fourth-order valence-corrected chi connectivity index (χ4v) is 12.4. The van der Waals surface area contributed by atoms with Gasteiger partial charge in [-0.3, -0.25) is 0 Å². The number of fused-ring (bicyclic) bond motifs is 12. The second-order valence-electron chi connectivity index (χ2n) is 20.8. The fraction of sp³-hybridized carbons (Fsp3) is 0. The lowest BCUT2D eigenvalue weighted by Gasteiger charge is -2.15. The minimum Gasteiger partial charge on any atom is -0.228 e. The molecule has 0 aliphatic heterocycles. The third-order valence-electron chi connectivity index (χ3n) is 16.3. The standard InChI is InChI=1S/C76H46N4/c1-5-21-55-51(17-1)41-67(63-29-13-9-25-59(55)63)73-45-71(77-75(79-73)69-43-53-19-3-7-23-57(53)61-27-11-15-31-65(61)69)49-37-33-47(34-38-49)48-35-39-50(40-36-48)72-46-74(68-42-52-18-2-6-22-56(52)60-26-10-14-30-64(60)68)80-76(78-72)70-44-54-20-4-8-24-58(54)62-28-12-16-32-66(62)70/h1-46H. The Morgan fingerprint density at radius 3 is 0.700 bits per heavy atom. The average Bonchev–Trinajstić information content (AvgIpc) is 3.73. The van der Waals surface area contributed by atoms with E-state index in [1.165, 1.54) is 53.9 Å². The third kappa shape index (κ3) is 7.60. The molecule has 16 aromatic rings. The number of nitrogens with zero attached hydrogens (tertiary/aromatic N) is 4. The largest absolute Gasteiger partial charge is 0.228 e. The summed E-state index contributed by atoms with van der Waals surface area (Å²) in [5, 5.41) is 18.8. The summed E-state index contributed by atoms with van der Waals surface area (Å²) >= 11 is 0. The fourth-order valence-electron chi connectivity index (χ4n) is 12.4. The van der Waals surface area contributed by atoms with Crippen LogP contribution in [0.1, 0.15) is 0 Å². The normalized spacial score (nSPS) is 11.8. The molecule has 0 radical (unpaired) electrons. The van der Waals surface area contributed by atoms with Crippen LogP contribution in [-0.2, 0) is 0 Å². The van der Waals surface area contributed by atoms with Gasteiger partial charge in [0.1, 0.15) is 0 Å². The Morgan fingerprint density at radius 1 is 0.163 bits per heavy atom.